The van der Waals surface area contributed by atoms with Crippen molar-refractivity contribution < 1.29 is 19.1 Å². The molecule has 0 fully saturated rings. The Morgan fingerprint density at radius 1 is 1.12 bits per heavy atom. The Balaban J connectivity index is 3.68. The summed E-state index contributed by atoms with van der Waals surface area (Å²) in [7, 11) is 0. The summed E-state index contributed by atoms with van der Waals surface area (Å²) >= 11 is 0. The van der Waals surface area contributed by atoms with E-state index in [1.807, 2.05) is 0 Å². The zero-order valence-corrected chi connectivity index (χ0v) is 10.7. The van der Waals surface area contributed by atoms with Gasteiger partial charge in [-0.25, -0.2) is 9.59 Å². The molecule has 1 unspecified atom stereocenters. The van der Waals surface area contributed by atoms with Gasteiger partial charge in [-0.05, 0) is 33.6 Å². The first kappa shape index (κ1) is 15.4. The van der Waals surface area contributed by atoms with Crippen LogP contribution in [0.15, 0.2) is 24.3 Å². The van der Waals surface area contributed by atoms with Gasteiger partial charge in [-0.3, -0.25) is 0 Å². The van der Waals surface area contributed by atoms with Crippen LogP contribution in [0.3, 0.4) is 0 Å². The van der Waals surface area contributed by atoms with E-state index in [-0.39, 0.29) is 6.10 Å². The Bertz CT molecular complexity index is 317. The molecule has 0 N–H and O–H groups in total. The second-order valence-electron chi connectivity index (χ2n) is 4.05. The van der Waals surface area contributed by atoms with Crippen molar-refractivity contribution in [1.29, 1.82) is 0 Å². The topological polar surface area (TPSA) is 52.6 Å². The van der Waals surface area contributed by atoms with Gasteiger partial charge in [0.1, 0.15) is 0 Å². The van der Waals surface area contributed by atoms with Crippen molar-refractivity contribution in [1.82, 2.24) is 0 Å². The highest BCUT2D eigenvalue weighted by atomic mass is 16.5. The minimum atomic E-state index is -0.392. The molecule has 17 heavy (non-hydrogen) atoms. The lowest BCUT2D eigenvalue weighted by Crippen LogP contribution is -2.16. The van der Waals surface area contributed by atoms with Gasteiger partial charge < -0.3 is 9.47 Å². The molecule has 4 heteroatoms. The monoisotopic (exact) mass is 240 g/mol. The van der Waals surface area contributed by atoms with E-state index in [2.05, 4.69) is 13.2 Å². The highest BCUT2D eigenvalue weighted by Gasteiger charge is 2.10. The molecule has 0 aliphatic rings. The van der Waals surface area contributed by atoms with Gasteiger partial charge in [-0.2, -0.15) is 0 Å². The third kappa shape index (κ3) is 7.33. The lowest BCUT2D eigenvalue weighted by molar-refractivity contribution is -0.145. The molecule has 0 heterocycles. The molecular weight excluding hydrogens is 220 g/mol. The first-order valence-corrected chi connectivity index (χ1v) is 5.53. The van der Waals surface area contributed by atoms with Gasteiger partial charge in [-0.15, -0.1) is 0 Å². The van der Waals surface area contributed by atoms with Crippen LogP contribution in [-0.2, 0) is 19.1 Å². The van der Waals surface area contributed by atoms with Crippen LogP contribution in [0.4, 0.5) is 0 Å². The lowest BCUT2D eigenvalue weighted by atomic mass is 10.2. The molecule has 0 radical (unpaired) electrons. The predicted octanol–water partition coefficient (Wildman–Crippen LogP) is 2.39. The van der Waals surface area contributed by atoms with Crippen LogP contribution < -0.4 is 0 Å². The Labute approximate surface area is 102 Å². The fourth-order valence-corrected chi connectivity index (χ4v) is 1.00. The molecule has 0 aromatic rings. The number of esters is 2. The normalized spacial score (nSPS) is 11.5. The molecule has 0 aliphatic carbocycles. The zero-order valence-electron chi connectivity index (χ0n) is 10.7. The number of ether oxygens (including phenoxy) is 2. The number of carbonyl (C=O) groups excluding carboxylic acids is 2. The molecule has 0 saturated carbocycles. The molecule has 0 aromatic heterocycles. The van der Waals surface area contributed by atoms with E-state index in [1.54, 1.807) is 20.8 Å². The molecule has 0 aromatic carbocycles. The van der Waals surface area contributed by atoms with Crippen LogP contribution in [0.1, 0.15) is 33.6 Å². The van der Waals surface area contributed by atoms with Crippen LogP contribution in [0.2, 0.25) is 0 Å². The van der Waals surface area contributed by atoms with E-state index in [4.69, 9.17) is 9.47 Å². The number of rotatable bonds is 7. The average Bonchev–Trinajstić information content (AvgIpc) is 2.23. The lowest BCUT2D eigenvalue weighted by Gasteiger charge is -2.13. The molecule has 0 saturated heterocycles. The number of carbonyl (C=O) groups is 2. The van der Waals surface area contributed by atoms with Gasteiger partial charge >= 0.3 is 11.9 Å². The largest absolute Gasteiger partial charge is 0.462 e. The minimum Gasteiger partial charge on any atom is -0.462 e. The van der Waals surface area contributed by atoms with Crippen LogP contribution in [-0.4, -0.2) is 24.6 Å². The molecule has 0 spiro atoms. The van der Waals surface area contributed by atoms with Gasteiger partial charge in [0.25, 0.3) is 0 Å². The van der Waals surface area contributed by atoms with Crippen molar-refractivity contribution >= 4 is 11.9 Å². The summed E-state index contributed by atoms with van der Waals surface area (Å²) in [5.74, 6) is -0.784. The molecule has 4 nitrogen and oxygen atoms in total. The zero-order chi connectivity index (χ0) is 13.4. The fraction of sp³-hybridized carbons (Fsp3) is 0.538. The van der Waals surface area contributed by atoms with E-state index in [0.717, 1.165) is 0 Å². The van der Waals surface area contributed by atoms with E-state index >= 15 is 0 Å². The summed E-state index contributed by atoms with van der Waals surface area (Å²) in [6.07, 6.45) is 1.08. The van der Waals surface area contributed by atoms with Gasteiger partial charge in [-0.1, -0.05) is 13.2 Å². The Kier molecular flexibility index (Phi) is 6.94. The highest BCUT2D eigenvalue weighted by molar-refractivity contribution is 5.87. The number of hydrogen-bond donors (Lipinski definition) is 0. The fourth-order valence-electron chi connectivity index (χ4n) is 1.00. The van der Waals surface area contributed by atoms with Crippen LogP contribution in [0.25, 0.3) is 0 Å². The smallest absolute Gasteiger partial charge is 0.333 e. The van der Waals surface area contributed by atoms with Gasteiger partial charge in [0, 0.05) is 11.1 Å². The van der Waals surface area contributed by atoms with Crippen molar-refractivity contribution in [2.45, 2.75) is 39.7 Å². The molecule has 1 atom stereocenters. The quantitative estimate of drug-likeness (QED) is 0.389. The van der Waals surface area contributed by atoms with E-state index < -0.39 is 11.9 Å². The summed E-state index contributed by atoms with van der Waals surface area (Å²) in [5.41, 5.74) is 0.761. The second-order valence-corrected chi connectivity index (χ2v) is 4.05. The maximum Gasteiger partial charge on any atom is 0.333 e. The van der Waals surface area contributed by atoms with Crippen LogP contribution >= 0.6 is 0 Å². The molecule has 96 valence electrons. The van der Waals surface area contributed by atoms with Crippen molar-refractivity contribution in [3.63, 3.8) is 0 Å². The van der Waals surface area contributed by atoms with Gasteiger partial charge in [0.2, 0.25) is 0 Å². The predicted molar refractivity (Wildman–Crippen MR) is 65.4 cm³/mol. The summed E-state index contributed by atoms with van der Waals surface area (Å²) in [6.45, 7) is 12.3. The Morgan fingerprint density at radius 2 is 1.65 bits per heavy atom. The summed E-state index contributed by atoms with van der Waals surface area (Å²) in [5, 5.41) is 0. The average molecular weight is 240 g/mol. The maximum absolute atomic E-state index is 11.2. The third-order valence-corrected chi connectivity index (χ3v) is 1.99. The van der Waals surface area contributed by atoms with Crippen LogP contribution in [0.5, 0.6) is 0 Å². The summed E-state index contributed by atoms with van der Waals surface area (Å²) in [6, 6.07) is 0. The first-order chi connectivity index (χ1) is 7.84. The molecule has 0 bridgehead atoms. The second kappa shape index (κ2) is 7.65. The minimum absolute atomic E-state index is 0.206. The Hall–Kier alpha value is -1.58. The van der Waals surface area contributed by atoms with E-state index in [0.29, 0.717) is 30.6 Å². The molecular formula is C13H20O4. The third-order valence-electron chi connectivity index (χ3n) is 1.99. The van der Waals surface area contributed by atoms with Gasteiger partial charge in [0.15, 0.2) is 0 Å². The standard InChI is InChI=1S/C13H20O4/c1-9(2)12(14)16-8-6-7-11(5)17-13(15)10(3)4/h11H,1,3,6-8H2,2,4-5H3. The number of hydrogen-bond acceptors (Lipinski definition) is 4. The van der Waals surface area contributed by atoms with Crippen LogP contribution in [0, 0.1) is 0 Å². The summed E-state index contributed by atoms with van der Waals surface area (Å²) < 4.78 is 9.98. The van der Waals surface area contributed by atoms with Crippen molar-refractivity contribution in [3.05, 3.63) is 24.3 Å². The van der Waals surface area contributed by atoms with Crippen molar-refractivity contribution in [2.75, 3.05) is 6.61 Å². The Morgan fingerprint density at radius 3 is 2.12 bits per heavy atom. The molecule has 0 amide bonds. The first-order valence-electron chi connectivity index (χ1n) is 5.53. The highest BCUT2D eigenvalue weighted by Crippen LogP contribution is 2.05. The summed E-state index contributed by atoms with van der Waals surface area (Å²) in [4.78, 5) is 22.2. The van der Waals surface area contributed by atoms with Crippen molar-refractivity contribution in [2.24, 2.45) is 0 Å². The van der Waals surface area contributed by atoms with E-state index in [1.165, 1.54) is 0 Å². The van der Waals surface area contributed by atoms with Crippen molar-refractivity contribution in [3.8, 4) is 0 Å². The molecule has 0 aliphatic heterocycles. The maximum atomic E-state index is 11.2. The van der Waals surface area contributed by atoms with E-state index in [9.17, 15) is 9.59 Å². The molecule has 0 rings (SSSR count). The SMILES string of the molecule is C=C(C)C(=O)OCCCC(C)OC(=O)C(=C)C. The van der Waals surface area contributed by atoms with Gasteiger partial charge in [0.05, 0.1) is 12.7 Å².